The molecule has 0 aliphatic heterocycles. The van der Waals surface area contributed by atoms with Gasteiger partial charge >= 0.3 is 0 Å². The standard InChI is InChI=1S/C25H24N2O4/c1-5-8-19-14-18(16-23(29-4)24(19)31-13-6-2)15-20(17-26)25(28)27-21-9-11-22(12-10-21)30-7-3/h2,5,9-12,14-16H,1,7-8,13H2,3-4H3,(H,27,28)/b20-15+. The molecule has 0 saturated carbocycles. The van der Waals surface area contributed by atoms with Gasteiger partial charge in [-0.25, -0.2) is 0 Å². The molecule has 158 valence electrons. The van der Waals surface area contributed by atoms with Crippen molar-refractivity contribution >= 4 is 17.7 Å². The fourth-order valence-electron chi connectivity index (χ4n) is 2.82. The Morgan fingerprint density at radius 2 is 2.00 bits per heavy atom. The van der Waals surface area contributed by atoms with Gasteiger partial charge in [0.2, 0.25) is 0 Å². The molecule has 0 atom stereocenters. The SMILES string of the molecule is C#CCOc1c(CC=C)cc(/C=C(\C#N)C(=O)Nc2ccc(OCC)cc2)cc1OC. The van der Waals surface area contributed by atoms with E-state index in [9.17, 15) is 10.1 Å². The third-order valence-electron chi connectivity index (χ3n) is 4.14. The van der Waals surface area contributed by atoms with Crippen molar-refractivity contribution in [3.05, 3.63) is 65.8 Å². The zero-order valence-electron chi connectivity index (χ0n) is 17.6. The number of hydrogen-bond donors (Lipinski definition) is 1. The summed E-state index contributed by atoms with van der Waals surface area (Å²) in [5, 5.41) is 12.2. The molecule has 0 aliphatic carbocycles. The smallest absolute Gasteiger partial charge is 0.266 e. The number of hydrogen-bond acceptors (Lipinski definition) is 5. The molecule has 0 aliphatic rings. The lowest BCUT2D eigenvalue weighted by molar-refractivity contribution is -0.112. The van der Waals surface area contributed by atoms with Gasteiger partial charge in [-0.15, -0.1) is 13.0 Å². The van der Waals surface area contributed by atoms with Gasteiger partial charge in [0.25, 0.3) is 5.91 Å². The van der Waals surface area contributed by atoms with Gasteiger partial charge in [0.1, 0.15) is 24.0 Å². The first-order valence-corrected chi connectivity index (χ1v) is 9.60. The van der Waals surface area contributed by atoms with Crippen LogP contribution in [0.3, 0.4) is 0 Å². The van der Waals surface area contributed by atoms with Gasteiger partial charge in [0.15, 0.2) is 11.5 Å². The van der Waals surface area contributed by atoms with Crippen LogP contribution in [0.25, 0.3) is 6.08 Å². The average molecular weight is 416 g/mol. The minimum atomic E-state index is -0.524. The van der Waals surface area contributed by atoms with E-state index in [4.69, 9.17) is 20.6 Å². The van der Waals surface area contributed by atoms with E-state index < -0.39 is 5.91 Å². The summed E-state index contributed by atoms with van der Waals surface area (Å²) in [5.41, 5.74) is 1.88. The first-order valence-electron chi connectivity index (χ1n) is 9.60. The Balaban J connectivity index is 2.32. The monoisotopic (exact) mass is 416 g/mol. The molecule has 2 rings (SSSR count). The van der Waals surface area contributed by atoms with Crippen LogP contribution in [-0.4, -0.2) is 26.2 Å². The second-order valence-corrected chi connectivity index (χ2v) is 6.28. The second-order valence-electron chi connectivity index (χ2n) is 6.28. The van der Waals surface area contributed by atoms with Crippen molar-refractivity contribution in [2.45, 2.75) is 13.3 Å². The molecule has 31 heavy (non-hydrogen) atoms. The summed E-state index contributed by atoms with van der Waals surface area (Å²) in [6.45, 7) is 6.29. The highest BCUT2D eigenvalue weighted by Crippen LogP contribution is 2.34. The molecule has 1 amide bonds. The maximum atomic E-state index is 12.6. The largest absolute Gasteiger partial charge is 0.494 e. The Kier molecular flexibility index (Phi) is 8.76. The maximum Gasteiger partial charge on any atom is 0.266 e. The molecule has 0 bridgehead atoms. The number of anilines is 1. The van der Waals surface area contributed by atoms with Crippen LogP contribution in [0.5, 0.6) is 17.2 Å². The second kappa shape index (κ2) is 11.7. The Morgan fingerprint density at radius 1 is 1.26 bits per heavy atom. The first-order chi connectivity index (χ1) is 15.1. The maximum absolute atomic E-state index is 12.6. The number of nitrogens with one attached hydrogen (secondary N) is 1. The van der Waals surface area contributed by atoms with E-state index in [0.29, 0.717) is 41.5 Å². The lowest BCUT2D eigenvalue weighted by Crippen LogP contribution is -2.13. The van der Waals surface area contributed by atoms with Crippen molar-refractivity contribution in [1.82, 2.24) is 0 Å². The van der Waals surface area contributed by atoms with Crippen molar-refractivity contribution in [3.8, 4) is 35.7 Å². The highest BCUT2D eigenvalue weighted by molar-refractivity contribution is 6.09. The fourth-order valence-corrected chi connectivity index (χ4v) is 2.82. The number of rotatable bonds is 10. The lowest BCUT2D eigenvalue weighted by Gasteiger charge is -2.14. The number of carbonyl (C=O) groups excluding carboxylic acids is 1. The van der Waals surface area contributed by atoms with Crippen LogP contribution < -0.4 is 19.5 Å². The molecule has 0 spiro atoms. The quantitative estimate of drug-likeness (QED) is 0.269. The van der Waals surface area contributed by atoms with E-state index >= 15 is 0 Å². The summed E-state index contributed by atoms with van der Waals surface area (Å²) >= 11 is 0. The van der Waals surface area contributed by atoms with Crippen LogP contribution >= 0.6 is 0 Å². The number of nitriles is 1. The van der Waals surface area contributed by atoms with Gasteiger partial charge in [-0.05, 0) is 61.4 Å². The van der Waals surface area contributed by atoms with Crippen molar-refractivity contribution in [2.24, 2.45) is 0 Å². The topological polar surface area (TPSA) is 80.6 Å². The number of carbonyl (C=O) groups is 1. The first kappa shape index (κ1) is 23.1. The molecule has 0 aromatic heterocycles. The third kappa shape index (κ3) is 6.42. The molecule has 2 aromatic rings. The Bertz CT molecular complexity index is 1040. The Labute approximate surface area is 182 Å². The van der Waals surface area contributed by atoms with Crippen LogP contribution in [0.4, 0.5) is 5.69 Å². The van der Waals surface area contributed by atoms with Crippen LogP contribution in [0.1, 0.15) is 18.1 Å². The van der Waals surface area contributed by atoms with E-state index in [-0.39, 0.29) is 12.2 Å². The molecule has 2 aromatic carbocycles. The highest BCUT2D eigenvalue weighted by Gasteiger charge is 2.14. The summed E-state index contributed by atoms with van der Waals surface area (Å²) in [4.78, 5) is 12.6. The van der Waals surface area contributed by atoms with Crippen molar-refractivity contribution in [2.75, 3.05) is 25.6 Å². The zero-order chi connectivity index (χ0) is 22.6. The zero-order valence-corrected chi connectivity index (χ0v) is 17.6. The van der Waals surface area contributed by atoms with E-state index in [1.807, 2.05) is 13.0 Å². The number of benzene rings is 2. The van der Waals surface area contributed by atoms with Gasteiger partial charge in [0.05, 0.1) is 13.7 Å². The number of ether oxygens (including phenoxy) is 3. The van der Waals surface area contributed by atoms with E-state index in [2.05, 4.69) is 17.8 Å². The highest BCUT2D eigenvalue weighted by atomic mass is 16.5. The van der Waals surface area contributed by atoms with Crippen LogP contribution in [-0.2, 0) is 11.2 Å². The average Bonchev–Trinajstić information content (AvgIpc) is 2.78. The molecule has 6 heteroatoms. The van der Waals surface area contributed by atoms with E-state index in [1.54, 1.807) is 42.5 Å². The van der Waals surface area contributed by atoms with Gasteiger partial charge in [-0.2, -0.15) is 5.26 Å². The number of methoxy groups -OCH3 is 1. The predicted molar refractivity (Wildman–Crippen MR) is 121 cm³/mol. The summed E-state index contributed by atoms with van der Waals surface area (Å²) in [7, 11) is 1.51. The van der Waals surface area contributed by atoms with Gasteiger partial charge < -0.3 is 19.5 Å². The summed E-state index contributed by atoms with van der Waals surface area (Å²) in [5.74, 6) is 3.56. The molecule has 0 heterocycles. The van der Waals surface area contributed by atoms with Gasteiger partial charge in [0, 0.05) is 11.3 Å². The molecular formula is C25H24N2O4. The number of amides is 1. The molecule has 0 saturated heterocycles. The van der Waals surface area contributed by atoms with Gasteiger partial charge in [-0.3, -0.25) is 4.79 Å². The number of nitrogens with zero attached hydrogens (tertiary/aromatic N) is 1. The molecule has 0 radical (unpaired) electrons. The van der Waals surface area contributed by atoms with Crippen LogP contribution in [0.15, 0.2) is 54.6 Å². The predicted octanol–water partition coefficient (Wildman–Crippen LogP) is 4.38. The molecule has 6 nitrogen and oxygen atoms in total. The van der Waals surface area contributed by atoms with Crippen LogP contribution in [0, 0.1) is 23.7 Å². The molecule has 0 fully saturated rings. The lowest BCUT2D eigenvalue weighted by atomic mass is 10.0. The summed E-state index contributed by atoms with van der Waals surface area (Å²) in [6.07, 6.45) is 9.00. The molecular weight excluding hydrogens is 392 g/mol. The van der Waals surface area contributed by atoms with E-state index in [0.717, 1.165) is 5.56 Å². The minimum Gasteiger partial charge on any atom is -0.494 e. The Hall–Kier alpha value is -4.16. The Morgan fingerprint density at radius 3 is 2.58 bits per heavy atom. The summed E-state index contributed by atoms with van der Waals surface area (Å²) in [6, 6.07) is 12.3. The normalized spacial score (nSPS) is 10.4. The third-order valence-corrected chi connectivity index (χ3v) is 4.14. The van der Waals surface area contributed by atoms with Gasteiger partial charge in [-0.1, -0.05) is 12.0 Å². The van der Waals surface area contributed by atoms with Crippen molar-refractivity contribution in [1.29, 1.82) is 5.26 Å². The minimum absolute atomic E-state index is 0.0576. The summed E-state index contributed by atoms with van der Waals surface area (Å²) < 4.78 is 16.4. The molecule has 0 unspecified atom stereocenters. The van der Waals surface area contributed by atoms with E-state index in [1.165, 1.54) is 13.2 Å². The van der Waals surface area contributed by atoms with Crippen molar-refractivity contribution in [3.63, 3.8) is 0 Å². The fraction of sp³-hybridized carbons (Fsp3) is 0.200. The number of terminal acetylenes is 1. The van der Waals surface area contributed by atoms with Crippen LogP contribution in [0.2, 0.25) is 0 Å². The molecule has 1 N–H and O–H groups in total. The van der Waals surface area contributed by atoms with Crippen molar-refractivity contribution < 1.29 is 19.0 Å². The number of allylic oxidation sites excluding steroid dienone is 1.